The van der Waals surface area contributed by atoms with E-state index in [1.54, 1.807) is 0 Å². The Morgan fingerprint density at radius 2 is 1.76 bits per heavy atom. The first-order valence-electron chi connectivity index (χ1n) is 7.51. The van der Waals surface area contributed by atoms with Gasteiger partial charge in [-0.05, 0) is 76.1 Å². The summed E-state index contributed by atoms with van der Waals surface area (Å²) in [5.74, 6) is -0.328. The number of hydrogen-bond acceptors (Lipinski definition) is 0. The molecule has 2 heteroatoms. The highest BCUT2D eigenvalue weighted by molar-refractivity contribution is 6.10. The topological polar surface area (TPSA) is 19.9 Å². The van der Waals surface area contributed by atoms with E-state index in [1.165, 1.54) is 41.5 Å². The van der Waals surface area contributed by atoms with E-state index in [4.69, 9.17) is 0 Å². The Bertz CT molecular complexity index is 851. The fourth-order valence-corrected chi connectivity index (χ4v) is 3.70. The van der Waals surface area contributed by atoms with E-state index in [1.807, 2.05) is 6.07 Å². The number of fused-ring (bicyclic) bond motifs is 5. The summed E-state index contributed by atoms with van der Waals surface area (Å²) in [6, 6.07) is 11.2. The largest absolute Gasteiger partial charge is 0.232 e. The Hall–Kier alpha value is -1.93. The Morgan fingerprint density at radius 1 is 0.952 bits per heavy atom. The normalized spacial score (nSPS) is 14.6. The van der Waals surface area contributed by atoms with Crippen LogP contribution in [0.4, 0.5) is 4.39 Å². The average molecular weight is 279 g/mol. The molecule has 3 aromatic carbocycles. The van der Waals surface area contributed by atoms with Gasteiger partial charge < -0.3 is 0 Å². The first-order chi connectivity index (χ1) is 10.3. The number of hydrogen-bond donors (Lipinski definition) is 0. The third kappa shape index (κ3) is 1.94. The molecule has 1 nitrogen and oxygen atoms in total. The summed E-state index contributed by atoms with van der Waals surface area (Å²) in [6.07, 6.45) is 4.72. The summed E-state index contributed by atoms with van der Waals surface area (Å²) in [5, 5.41) is 15.5. The van der Waals surface area contributed by atoms with Crippen molar-refractivity contribution in [1.82, 2.24) is 0 Å². The molecule has 3 aromatic rings. The number of benzene rings is 3. The Kier molecular flexibility index (Phi) is 2.93. The molecule has 1 aliphatic rings. The lowest BCUT2D eigenvalue weighted by Gasteiger charge is -2.19. The smallest absolute Gasteiger partial charge is 0.124 e. The lowest BCUT2D eigenvalue weighted by atomic mass is 9.86. The van der Waals surface area contributed by atoms with Crippen molar-refractivity contribution in [2.75, 3.05) is 0 Å². The highest BCUT2D eigenvalue weighted by Crippen LogP contribution is 2.35. The Balaban J connectivity index is 2.14. The van der Waals surface area contributed by atoms with E-state index in [0.717, 1.165) is 29.0 Å². The Morgan fingerprint density at radius 3 is 2.62 bits per heavy atom. The molecule has 0 aromatic heterocycles. The summed E-state index contributed by atoms with van der Waals surface area (Å²) in [6.45, 7) is -0.384. The van der Waals surface area contributed by atoms with Crippen molar-refractivity contribution < 1.29 is 9.50 Å². The van der Waals surface area contributed by atoms with Gasteiger partial charge in [0.2, 0.25) is 0 Å². The van der Waals surface area contributed by atoms with Gasteiger partial charge in [0.1, 0.15) is 12.4 Å². The van der Waals surface area contributed by atoms with E-state index in [9.17, 15) is 9.50 Å². The van der Waals surface area contributed by atoms with Gasteiger partial charge >= 0.3 is 0 Å². The van der Waals surface area contributed by atoms with Crippen LogP contribution in [-0.2, 0) is 24.6 Å². The van der Waals surface area contributed by atoms with Crippen LogP contribution in [0.5, 0.6) is 0 Å². The molecule has 0 spiro atoms. The lowest BCUT2D eigenvalue weighted by Crippen LogP contribution is -2.03. The predicted octanol–water partition coefficient (Wildman–Crippen LogP) is 4.94. The molecule has 105 valence electrons. The summed E-state index contributed by atoms with van der Waals surface area (Å²) >= 11 is 0. The highest BCUT2D eigenvalue weighted by atomic mass is 19.1. The molecular weight excluding hydrogens is 263 g/mol. The standard InChI is InChI=1S/C19H16FO/c20-15-9-13-6-7-17-16-4-2-1-3-12(16)5-8-18(17)19(13)14(10-15)11-21/h5-10H,1-4,11H2. The summed E-state index contributed by atoms with van der Waals surface area (Å²) < 4.78 is 13.6. The zero-order chi connectivity index (χ0) is 14.4. The van der Waals surface area contributed by atoms with Crippen LogP contribution in [0, 0.1) is 5.82 Å². The van der Waals surface area contributed by atoms with Gasteiger partial charge in [0, 0.05) is 0 Å². The first-order valence-corrected chi connectivity index (χ1v) is 7.51. The molecule has 0 amide bonds. The molecule has 0 N–H and O–H groups in total. The molecule has 0 fully saturated rings. The SMILES string of the molecule is [O]Cc1cc(F)cc2ccc3c4c(ccc3c12)CCCC4. The van der Waals surface area contributed by atoms with Crippen LogP contribution >= 0.6 is 0 Å². The van der Waals surface area contributed by atoms with Crippen molar-refractivity contribution in [3.8, 4) is 0 Å². The van der Waals surface area contributed by atoms with Crippen molar-refractivity contribution in [1.29, 1.82) is 0 Å². The molecule has 0 saturated carbocycles. The van der Waals surface area contributed by atoms with Gasteiger partial charge in [-0.2, -0.15) is 0 Å². The molecule has 0 saturated heterocycles. The van der Waals surface area contributed by atoms with Crippen LogP contribution in [0.1, 0.15) is 29.5 Å². The molecule has 1 radical (unpaired) electrons. The van der Waals surface area contributed by atoms with Crippen LogP contribution in [0.25, 0.3) is 21.5 Å². The van der Waals surface area contributed by atoms with Crippen LogP contribution in [0.2, 0.25) is 0 Å². The van der Waals surface area contributed by atoms with Crippen molar-refractivity contribution in [2.24, 2.45) is 0 Å². The van der Waals surface area contributed by atoms with Gasteiger partial charge in [0.05, 0.1) is 0 Å². The van der Waals surface area contributed by atoms with E-state index >= 15 is 0 Å². The van der Waals surface area contributed by atoms with E-state index in [0.29, 0.717) is 5.56 Å². The van der Waals surface area contributed by atoms with E-state index in [2.05, 4.69) is 18.2 Å². The van der Waals surface area contributed by atoms with E-state index < -0.39 is 0 Å². The number of aryl methyl sites for hydroxylation is 2. The van der Waals surface area contributed by atoms with Crippen LogP contribution < -0.4 is 0 Å². The molecule has 0 bridgehead atoms. The predicted molar refractivity (Wildman–Crippen MR) is 82.4 cm³/mol. The molecule has 4 rings (SSSR count). The maximum absolute atomic E-state index is 13.6. The fourth-order valence-electron chi connectivity index (χ4n) is 3.70. The van der Waals surface area contributed by atoms with Crippen LogP contribution in [0.15, 0.2) is 36.4 Å². The lowest BCUT2D eigenvalue weighted by molar-refractivity contribution is 0.178. The second-order valence-electron chi connectivity index (χ2n) is 5.88. The molecule has 0 atom stereocenters. The van der Waals surface area contributed by atoms with Gasteiger partial charge in [0.15, 0.2) is 0 Å². The fraction of sp³-hybridized carbons (Fsp3) is 0.263. The zero-order valence-electron chi connectivity index (χ0n) is 11.8. The summed E-state index contributed by atoms with van der Waals surface area (Å²) in [7, 11) is 0. The minimum atomic E-state index is -0.384. The van der Waals surface area contributed by atoms with Gasteiger partial charge in [0.25, 0.3) is 0 Å². The van der Waals surface area contributed by atoms with Gasteiger partial charge in [-0.15, -0.1) is 0 Å². The van der Waals surface area contributed by atoms with Crippen LogP contribution in [-0.4, -0.2) is 0 Å². The van der Waals surface area contributed by atoms with Crippen molar-refractivity contribution in [2.45, 2.75) is 32.3 Å². The number of rotatable bonds is 1. The molecule has 21 heavy (non-hydrogen) atoms. The second kappa shape index (κ2) is 4.81. The minimum Gasteiger partial charge on any atom is -0.232 e. The van der Waals surface area contributed by atoms with Crippen molar-refractivity contribution in [3.63, 3.8) is 0 Å². The third-order valence-electron chi connectivity index (χ3n) is 4.65. The molecule has 0 aliphatic heterocycles. The zero-order valence-corrected chi connectivity index (χ0v) is 11.8. The molecular formula is C19H16FO. The monoisotopic (exact) mass is 279 g/mol. The van der Waals surface area contributed by atoms with Crippen molar-refractivity contribution in [3.05, 3.63) is 58.9 Å². The third-order valence-corrected chi connectivity index (χ3v) is 4.65. The van der Waals surface area contributed by atoms with Crippen LogP contribution in [0.3, 0.4) is 0 Å². The molecule has 0 heterocycles. The molecule has 0 unspecified atom stereocenters. The highest BCUT2D eigenvalue weighted by Gasteiger charge is 2.15. The number of halogens is 1. The maximum Gasteiger partial charge on any atom is 0.124 e. The van der Waals surface area contributed by atoms with Gasteiger partial charge in [-0.1, -0.05) is 24.3 Å². The van der Waals surface area contributed by atoms with Gasteiger partial charge in [-0.3, -0.25) is 0 Å². The van der Waals surface area contributed by atoms with E-state index in [-0.39, 0.29) is 12.4 Å². The van der Waals surface area contributed by atoms with Crippen molar-refractivity contribution >= 4 is 21.5 Å². The second-order valence-corrected chi connectivity index (χ2v) is 5.88. The quantitative estimate of drug-likeness (QED) is 0.562. The molecule has 1 aliphatic carbocycles. The summed E-state index contributed by atoms with van der Waals surface area (Å²) in [4.78, 5) is 0. The average Bonchev–Trinajstić information content (AvgIpc) is 2.53. The maximum atomic E-state index is 13.6. The first kappa shape index (κ1) is 12.8. The Labute approximate surface area is 123 Å². The minimum absolute atomic E-state index is 0.328. The summed E-state index contributed by atoms with van der Waals surface area (Å²) in [5.41, 5.74) is 3.41. The van der Waals surface area contributed by atoms with Gasteiger partial charge in [-0.25, -0.2) is 9.50 Å².